The van der Waals surface area contributed by atoms with Crippen LogP contribution in [0.5, 0.6) is 11.6 Å². The van der Waals surface area contributed by atoms with E-state index in [0.29, 0.717) is 30.9 Å². The highest BCUT2D eigenvalue weighted by Crippen LogP contribution is 2.33. The summed E-state index contributed by atoms with van der Waals surface area (Å²) in [6, 6.07) is 21.6. The Kier molecular flexibility index (Phi) is 5.14. The van der Waals surface area contributed by atoms with Gasteiger partial charge < -0.3 is 25.5 Å². The maximum absolute atomic E-state index is 13.1. The molecule has 0 saturated carbocycles. The van der Waals surface area contributed by atoms with E-state index in [-0.39, 0.29) is 24.0 Å². The predicted molar refractivity (Wildman–Crippen MR) is 124 cm³/mol. The molecular weight excluding hydrogens is 420 g/mol. The summed E-state index contributed by atoms with van der Waals surface area (Å²) in [5.74, 6) is 0.163. The summed E-state index contributed by atoms with van der Waals surface area (Å²) < 4.78 is 5.99. The topological polar surface area (TPSA) is 124 Å². The van der Waals surface area contributed by atoms with Gasteiger partial charge in [-0.1, -0.05) is 54.6 Å². The van der Waals surface area contributed by atoms with Gasteiger partial charge in [0, 0.05) is 6.54 Å². The van der Waals surface area contributed by atoms with Crippen LogP contribution in [0, 0.1) is 0 Å². The number of carbonyl (C=O) groups excluding carboxylic acids is 1. The molecule has 8 nitrogen and oxygen atoms in total. The van der Waals surface area contributed by atoms with Gasteiger partial charge in [0.2, 0.25) is 11.8 Å². The third kappa shape index (κ3) is 3.85. The number of carbonyl (C=O) groups is 1. The van der Waals surface area contributed by atoms with Crippen molar-refractivity contribution in [1.82, 2.24) is 14.9 Å². The van der Waals surface area contributed by atoms with Crippen molar-refractivity contribution in [1.29, 1.82) is 0 Å². The Labute approximate surface area is 189 Å². The normalized spacial score (nSPS) is 18.2. The fraction of sp³-hybridized carbons (Fsp3) is 0.200. The van der Waals surface area contributed by atoms with Gasteiger partial charge in [-0.2, -0.15) is 0 Å². The fourth-order valence-corrected chi connectivity index (χ4v) is 4.36. The van der Waals surface area contributed by atoms with E-state index in [9.17, 15) is 14.7 Å². The highest BCUT2D eigenvalue weighted by atomic mass is 16.5. The van der Waals surface area contributed by atoms with Crippen molar-refractivity contribution < 1.29 is 14.6 Å². The summed E-state index contributed by atoms with van der Waals surface area (Å²) in [6.07, 6.45) is 0.428. The number of aromatic amines is 2. The molecular formula is C25H24N4O4. The summed E-state index contributed by atoms with van der Waals surface area (Å²) in [5, 5.41) is 12.1. The second-order valence-electron chi connectivity index (χ2n) is 8.31. The number of hydrogen-bond donors (Lipinski definition) is 4. The number of H-pyrrole nitrogens is 2. The SMILES string of the molecule is NC1(c2ccc(OCc3cccc4ccccc34)cc2)CCN(Cc2[nH]c(=O)[nH]c2O)C1=O. The molecule has 8 heteroatoms. The molecule has 0 radical (unpaired) electrons. The van der Waals surface area contributed by atoms with E-state index in [1.807, 2.05) is 48.5 Å². The molecule has 1 amide bonds. The van der Waals surface area contributed by atoms with Crippen LogP contribution in [0.1, 0.15) is 23.2 Å². The van der Waals surface area contributed by atoms with Crippen LogP contribution in [0.25, 0.3) is 10.8 Å². The quantitative estimate of drug-likeness (QED) is 0.364. The minimum atomic E-state index is -1.17. The lowest BCUT2D eigenvalue weighted by Gasteiger charge is -2.24. The van der Waals surface area contributed by atoms with Crippen molar-refractivity contribution in [2.75, 3.05) is 6.54 Å². The first-order valence-corrected chi connectivity index (χ1v) is 10.7. The second kappa shape index (κ2) is 8.14. The van der Waals surface area contributed by atoms with E-state index in [1.54, 1.807) is 0 Å². The molecule has 1 aromatic heterocycles. The van der Waals surface area contributed by atoms with E-state index in [0.717, 1.165) is 10.9 Å². The molecule has 1 saturated heterocycles. The molecule has 1 unspecified atom stereocenters. The number of rotatable bonds is 6. The number of imidazole rings is 1. The van der Waals surface area contributed by atoms with Crippen molar-refractivity contribution >= 4 is 16.7 Å². The number of aromatic nitrogens is 2. The zero-order valence-electron chi connectivity index (χ0n) is 17.9. The molecule has 3 aromatic carbocycles. The van der Waals surface area contributed by atoms with E-state index < -0.39 is 11.2 Å². The minimum Gasteiger partial charge on any atom is -0.493 e. The molecule has 33 heavy (non-hydrogen) atoms. The van der Waals surface area contributed by atoms with Crippen molar-refractivity contribution in [3.63, 3.8) is 0 Å². The van der Waals surface area contributed by atoms with Gasteiger partial charge in [0.25, 0.3) is 0 Å². The second-order valence-corrected chi connectivity index (χ2v) is 8.31. The number of nitrogens with zero attached hydrogens (tertiary/aromatic N) is 1. The number of aromatic hydroxyl groups is 1. The molecule has 1 aliphatic rings. The van der Waals surface area contributed by atoms with E-state index in [2.05, 4.69) is 28.2 Å². The first kappa shape index (κ1) is 20.8. The molecule has 5 rings (SSSR count). The number of nitrogens with two attached hydrogens (primary N) is 1. The standard InChI is InChI=1S/C25H24N4O4/c26-25(12-13-29(23(25)31)14-21-22(30)28-24(32)27-21)18-8-10-19(11-9-18)33-15-17-6-3-5-16-4-1-2-7-20(16)17/h1-11,30H,12-15,26H2,(H2,27,28,32). The van der Waals surface area contributed by atoms with Crippen molar-refractivity contribution in [3.05, 3.63) is 94.0 Å². The average Bonchev–Trinajstić information content (AvgIpc) is 3.30. The Balaban J connectivity index is 1.28. The molecule has 1 aliphatic heterocycles. The molecule has 2 heterocycles. The minimum absolute atomic E-state index is 0.0780. The third-order valence-corrected chi connectivity index (χ3v) is 6.22. The van der Waals surface area contributed by atoms with Gasteiger partial charge in [0.05, 0.1) is 12.2 Å². The van der Waals surface area contributed by atoms with Crippen LogP contribution < -0.4 is 16.2 Å². The van der Waals surface area contributed by atoms with Gasteiger partial charge in [-0.15, -0.1) is 0 Å². The summed E-state index contributed by atoms with van der Waals surface area (Å²) in [4.78, 5) is 30.7. The van der Waals surface area contributed by atoms with Gasteiger partial charge in [0.15, 0.2) is 0 Å². The lowest BCUT2D eigenvalue weighted by Crippen LogP contribution is -2.45. The molecule has 1 atom stereocenters. The van der Waals surface area contributed by atoms with Crippen LogP contribution in [-0.4, -0.2) is 32.4 Å². The van der Waals surface area contributed by atoms with Crippen LogP contribution in [0.4, 0.5) is 0 Å². The van der Waals surface area contributed by atoms with Crippen LogP contribution in [0.3, 0.4) is 0 Å². The average molecular weight is 444 g/mol. The summed E-state index contributed by atoms with van der Waals surface area (Å²) in [5.41, 5.74) is 6.88. The van der Waals surface area contributed by atoms with Crippen LogP contribution in [0.2, 0.25) is 0 Å². The third-order valence-electron chi connectivity index (χ3n) is 6.22. The van der Waals surface area contributed by atoms with Gasteiger partial charge in [0.1, 0.15) is 17.9 Å². The zero-order valence-corrected chi connectivity index (χ0v) is 17.9. The first-order valence-electron chi connectivity index (χ1n) is 10.7. The van der Waals surface area contributed by atoms with E-state index >= 15 is 0 Å². The summed E-state index contributed by atoms with van der Waals surface area (Å²) in [7, 11) is 0. The maximum atomic E-state index is 13.1. The Morgan fingerprint density at radius 2 is 1.76 bits per heavy atom. The van der Waals surface area contributed by atoms with Gasteiger partial charge in [-0.25, -0.2) is 4.79 Å². The van der Waals surface area contributed by atoms with Crippen molar-refractivity contribution in [2.45, 2.75) is 25.1 Å². The molecule has 0 bridgehead atoms. The monoisotopic (exact) mass is 444 g/mol. The number of hydrogen-bond acceptors (Lipinski definition) is 5. The first-order chi connectivity index (χ1) is 15.9. The van der Waals surface area contributed by atoms with E-state index in [1.165, 1.54) is 10.3 Å². The number of fused-ring (bicyclic) bond motifs is 1. The zero-order chi connectivity index (χ0) is 23.0. The smallest absolute Gasteiger partial charge is 0.326 e. The largest absolute Gasteiger partial charge is 0.493 e. The fourth-order valence-electron chi connectivity index (χ4n) is 4.36. The maximum Gasteiger partial charge on any atom is 0.326 e. The number of likely N-dealkylation sites (tertiary alicyclic amines) is 1. The Morgan fingerprint density at radius 1 is 1.00 bits per heavy atom. The van der Waals surface area contributed by atoms with Crippen LogP contribution in [0.15, 0.2) is 71.5 Å². The highest BCUT2D eigenvalue weighted by Gasteiger charge is 2.45. The lowest BCUT2D eigenvalue weighted by molar-refractivity contribution is -0.132. The molecule has 5 N–H and O–H groups in total. The molecule has 4 aromatic rings. The molecule has 0 aliphatic carbocycles. The number of amides is 1. The van der Waals surface area contributed by atoms with Crippen molar-refractivity contribution in [3.8, 4) is 11.6 Å². The molecule has 0 spiro atoms. The lowest BCUT2D eigenvalue weighted by atomic mass is 9.89. The van der Waals surface area contributed by atoms with Crippen LogP contribution in [-0.2, 0) is 23.5 Å². The number of nitrogens with one attached hydrogen (secondary N) is 2. The van der Waals surface area contributed by atoms with Crippen molar-refractivity contribution in [2.24, 2.45) is 5.73 Å². The number of benzene rings is 3. The summed E-state index contributed by atoms with van der Waals surface area (Å²) >= 11 is 0. The van der Waals surface area contributed by atoms with Gasteiger partial charge in [-0.05, 0) is 40.5 Å². The Hall–Kier alpha value is -4.04. The molecule has 168 valence electrons. The van der Waals surface area contributed by atoms with E-state index in [4.69, 9.17) is 10.5 Å². The Bertz CT molecular complexity index is 1370. The molecule has 1 fully saturated rings. The highest BCUT2D eigenvalue weighted by molar-refractivity contribution is 5.89. The van der Waals surface area contributed by atoms with Gasteiger partial charge in [-0.3, -0.25) is 9.78 Å². The van der Waals surface area contributed by atoms with Gasteiger partial charge >= 0.3 is 5.69 Å². The predicted octanol–water partition coefficient (Wildman–Crippen LogP) is 2.73. The number of ether oxygens (including phenoxy) is 1. The Morgan fingerprint density at radius 3 is 2.52 bits per heavy atom. The summed E-state index contributed by atoms with van der Waals surface area (Å²) in [6.45, 7) is 0.926. The van der Waals surface area contributed by atoms with Crippen LogP contribution >= 0.6 is 0 Å².